The van der Waals surface area contributed by atoms with Gasteiger partial charge in [-0.1, -0.05) is 78.9 Å². The van der Waals surface area contributed by atoms with Crippen LogP contribution in [-0.2, 0) is 0 Å². The van der Waals surface area contributed by atoms with Crippen molar-refractivity contribution in [2.24, 2.45) is 0 Å². The number of para-hydroxylation sites is 2. The maximum absolute atomic E-state index is 4.93. The van der Waals surface area contributed by atoms with Crippen molar-refractivity contribution in [1.82, 2.24) is 24.1 Å². The number of hydrogen-bond acceptors (Lipinski definition) is 3. The van der Waals surface area contributed by atoms with Gasteiger partial charge in [0.15, 0.2) is 0 Å². The van der Waals surface area contributed by atoms with Crippen LogP contribution in [0.25, 0.3) is 99.9 Å². The Labute approximate surface area is 323 Å². The highest BCUT2D eigenvalue weighted by molar-refractivity contribution is 6.11. The zero-order chi connectivity index (χ0) is 37.0. The molecule has 0 N–H and O–H groups in total. The molecule has 11 rings (SSSR count). The average Bonchev–Trinajstić information content (AvgIpc) is 3.79. The van der Waals surface area contributed by atoms with Crippen molar-refractivity contribution in [2.45, 2.75) is 0 Å². The third kappa shape index (κ3) is 5.29. The van der Waals surface area contributed by atoms with Crippen LogP contribution in [0.1, 0.15) is 0 Å². The van der Waals surface area contributed by atoms with Gasteiger partial charge in [0.25, 0.3) is 0 Å². The van der Waals surface area contributed by atoms with Gasteiger partial charge in [-0.2, -0.15) is 0 Å². The van der Waals surface area contributed by atoms with E-state index in [1.807, 2.05) is 48.9 Å². The molecule has 0 aliphatic rings. The Morgan fingerprint density at radius 1 is 0.286 bits per heavy atom. The van der Waals surface area contributed by atoms with Gasteiger partial charge in [0, 0.05) is 57.3 Å². The quantitative estimate of drug-likeness (QED) is 0.172. The lowest BCUT2D eigenvalue weighted by atomic mass is 9.96. The first-order chi connectivity index (χ1) is 27.8. The van der Waals surface area contributed by atoms with E-state index < -0.39 is 0 Å². The van der Waals surface area contributed by atoms with Crippen LogP contribution in [0.2, 0.25) is 0 Å². The second-order valence-electron chi connectivity index (χ2n) is 14.1. The maximum atomic E-state index is 4.93. The minimum Gasteiger partial charge on any atom is -0.309 e. The summed E-state index contributed by atoms with van der Waals surface area (Å²) in [6.07, 6.45) is 5.57. The summed E-state index contributed by atoms with van der Waals surface area (Å²) in [5.41, 5.74) is 16.3. The Balaban J connectivity index is 1.02. The van der Waals surface area contributed by atoms with Crippen LogP contribution in [-0.4, -0.2) is 24.1 Å². The van der Waals surface area contributed by atoms with Crippen LogP contribution in [0.5, 0.6) is 0 Å². The van der Waals surface area contributed by atoms with Crippen molar-refractivity contribution in [3.05, 3.63) is 201 Å². The normalized spacial score (nSPS) is 11.6. The lowest BCUT2D eigenvalue weighted by molar-refractivity contribution is 1.18. The molecule has 56 heavy (non-hydrogen) atoms. The molecule has 0 saturated heterocycles. The minimum atomic E-state index is 0.929. The molecule has 5 heterocycles. The Bertz CT molecular complexity index is 3160. The van der Waals surface area contributed by atoms with E-state index in [2.05, 4.69) is 171 Å². The third-order valence-corrected chi connectivity index (χ3v) is 10.9. The van der Waals surface area contributed by atoms with Crippen LogP contribution in [0.15, 0.2) is 201 Å². The molecule has 11 aromatic rings. The molecule has 5 nitrogen and oxygen atoms in total. The van der Waals surface area contributed by atoms with Crippen LogP contribution in [0.3, 0.4) is 0 Å². The van der Waals surface area contributed by atoms with Crippen molar-refractivity contribution < 1.29 is 0 Å². The summed E-state index contributed by atoms with van der Waals surface area (Å²) in [7, 11) is 0. The van der Waals surface area contributed by atoms with Gasteiger partial charge in [-0.05, 0) is 125 Å². The van der Waals surface area contributed by atoms with Crippen molar-refractivity contribution in [3.63, 3.8) is 0 Å². The largest absolute Gasteiger partial charge is 0.309 e. The van der Waals surface area contributed by atoms with Gasteiger partial charge in [-0.3, -0.25) is 15.0 Å². The molecule has 5 aromatic heterocycles. The first kappa shape index (κ1) is 31.9. The monoisotopic (exact) mass is 715 g/mol. The Morgan fingerprint density at radius 3 is 1.59 bits per heavy atom. The topological polar surface area (TPSA) is 48.5 Å². The highest BCUT2D eigenvalue weighted by Gasteiger charge is 2.17. The summed E-state index contributed by atoms with van der Waals surface area (Å²) in [4.78, 5) is 14.2. The molecule has 0 aliphatic carbocycles. The van der Waals surface area contributed by atoms with Crippen LogP contribution < -0.4 is 0 Å². The summed E-state index contributed by atoms with van der Waals surface area (Å²) < 4.78 is 4.70. The summed E-state index contributed by atoms with van der Waals surface area (Å²) in [6, 6.07) is 64.6. The molecule has 0 fully saturated rings. The van der Waals surface area contributed by atoms with Crippen molar-refractivity contribution in [1.29, 1.82) is 0 Å². The van der Waals surface area contributed by atoms with E-state index in [1.165, 1.54) is 27.4 Å². The van der Waals surface area contributed by atoms with E-state index in [4.69, 9.17) is 4.98 Å². The Hall–Kier alpha value is -7.63. The number of benzene rings is 6. The van der Waals surface area contributed by atoms with Gasteiger partial charge in [0.05, 0.1) is 39.0 Å². The Morgan fingerprint density at radius 2 is 0.839 bits per heavy atom. The molecule has 0 aliphatic heterocycles. The third-order valence-electron chi connectivity index (χ3n) is 10.9. The highest BCUT2D eigenvalue weighted by Crippen LogP contribution is 2.38. The van der Waals surface area contributed by atoms with E-state index in [9.17, 15) is 0 Å². The fourth-order valence-electron chi connectivity index (χ4n) is 8.26. The minimum absolute atomic E-state index is 0.929. The van der Waals surface area contributed by atoms with Gasteiger partial charge in [-0.25, -0.2) is 0 Å². The number of aromatic nitrogens is 5. The standard InChI is InChI=1S/C51H33N5/c1-2-11-40(12-3-1)56-47-16-5-4-13-42(47)43-24-20-36(33-50(43)56)35-21-25-48-44(32-35)51-49(17-10-28-54-51)55(48)41-22-18-34(19-23-41)37-29-38(45-14-6-8-26-52-45)31-39(30-37)46-15-7-9-27-53-46/h1-33H. The first-order valence-corrected chi connectivity index (χ1v) is 18.8. The number of fused-ring (bicyclic) bond motifs is 6. The van der Waals surface area contributed by atoms with Gasteiger partial charge >= 0.3 is 0 Å². The molecule has 0 atom stereocenters. The number of hydrogen-bond donors (Lipinski definition) is 0. The van der Waals surface area contributed by atoms with E-state index in [0.29, 0.717) is 0 Å². The summed E-state index contributed by atoms with van der Waals surface area (Å²) in [6.45, 7) is 0. The summed E-state index contributed by atoms with van der Waals surface area (Å²) in [5.74, 6) is 0. The van der Waals surface area contributed by atoms with Crippen LogP contribution >= 0.6 is 0 Å². The van der Waals surface area contributed by atoms with Crippen molar-refractivity contribution in [3.8, 4) is 56.1 Å². The highest BCUT2D eigenvalue weighted by atomic mass is 15.0. The van der Waals surface area contributed by atoms with E-state index in [-0.39, 0.29) is 0 Å². The zero-order valence-corrected chi connectivity index (χ0v) is 30.3. The van der Waals surface area contributed by atoms with Gasteiger partial charge in [0.2, 0.25) is 0 Å². The molecule has 0 radical (unpaired) electrons. The van der Waals surface area contributed by atoms with Gasteiger partial charge < -0.3 is 9.13 Å². The first-order valence-electron chi connectivity index (χ1n) is 18.8. The van der Waals surface area contributed by atoms with Crippen LogP contribution in [0.4, 0.5) is 0 Å². The molecule has 6 aromatic carbocycles. The van der Waals surface area contributed by atoms with Crippen molar-refractivity contribution >= 4 is 43.7 Å². The van der Waals surface area contributed by atoms with E-state index in [0.717, 1.165) is 72.5 Å². The number of pyridine rings is 3. The lowest BCUT2D eigenvalue weighted by Gasteiger charge is -2.12. The second kappa shape index (κ2) is 13.0. The van der Waals surface area contributed by atoms with Crippen LogP contribution in [0, 0.1) is 0 Å². The second-order valence-corrected chi connectivity index (χ2v) is 14.1. The molecule has 0 spiro atoms. The number of nitrogens with zero attached hydrogens (tertiary/aromatic N) is 5. The summed E-state index contributed by atoms with van der Waals surface area (Å²) in [5, 5.41) is 3.61. The molecule has 0 bridgehead atoms. The molecule has 0 amide bonds. The van der Waals surface area contributed by atoms with Gasteiger partial charge in [0.1, 0.15) is 0 Å². The fraction of sp³-hybridized carbons (Fsp3) is 0. The van der Waals surface area contributed by atoms with E-state index >= 15 is 0 Å². The Kier molecular flexibility index (Phi) is 7.42. The fourth-order valence-corrected chi connectivity index (χ4v) is 8.26. The molecule has 5 heteroatoms. The zero-order valence-electron chi connectivity index (χ0n) is 30.3. The predicted octanol–water partition coefficient (Wildman–Crippen LogP) is 12.7. The van der Waals surface area contributed by atoms with E-state index in [1.54, 1.807) is 0 Å². The van der Waals surface area contributed by atoms with Gasteiger partial charge in [-0.15, -0.1) is 0 Å². The average molecular weight is 716 g/mol. The lowest BCUT2D eigenvalue weighted by Crippen LogP contribution is -1.94. The smallest absolute Gasteiger partial charge is 0.0963 e. The maximum Gasteiger partial charge on any atom is 0.0963 e. The van der Waals surface area contributed by atoms with Crippen molar-refractivity contribution in [2.75, 3.05) is 0 Å². The molecule has 0 unspecified atom stereocenters. The summed E-state index contributed by atoms with van der Waals surface area (Å²) >= 11 is 0. The SMILES string of the molecule is c1ccc(-n2c3ccccc3c3ccc(-c4ccc5c(c4)c4ncccc4n5-c4ccc(-c5cc(-c6ccccn6)cc(-c6ccccn6)c5)cc4)cc32)cc1. The molecular formula is C51H33N5. The number of rotatable bonds is 6. The molecular weight excluding hydrogens is 683 g/mol. The predicted molar refractivity (Wildman–Crippen MR) is 230 cm³/mol. The molecule has 262 valence electrons. The molecule has 0 saturated carbocycles.